The number of halogens is 1. The number of hydrogen-bond acceptors (Lipinski definition) is 6. The van der Waals surface area contributed by atoms with Crippen LogP contribution in [0.2, 0.25) is 0 Å². The van der Waals surface area contributed by atoms with E-state index in [1.807, 2.05) is 0 Å². The van der Waals surface area contributed by atoms with E-state index in [9.17, 15) is 24.1 Å². The van der Waals surface area contributed by atoms with Gasteiger partial charge in [0.05, 0.1) is 4.92 Å². The highest BCUT2D eigenvalue weighted by atomic mass is 19.1. The summed E-state index contributed by atoms with van der Waals surface area (Å²) in [4.78, 5) is 36.2. The van der Waals surface area contributed by atoms with E-state index in [0.717, 1.165) is 5.56 Å². The van der Waals surface area contributed by atoms with Gasteiger partial charge in [0, 0.05) is 29.6 Å². The van der Waals surface area contributed by atoms with E-state index in [1.165, 1.54) is 41.1 Å². The molecule has 0 aliphatic rings. The van der Waals surface area contributed by atoms with Crippen LogP contribution in [0.1, 0.15) is 21.7 Å². The first-order chi connectivity index (χ1) is 16.8. The molecule has 0 saturated heterocycles. The first-order valence-corrected chi connectivity index (χ1v) is 10.5. The number of aromatic nitrogens is 2. The maximum atomic E-state index is 13.1. The van der Waals surface area contributed by atoms with Crippen molar-refractivity contribution in [2.75, 3.05) is 5.32 Å². The highest BCUT2D eigenvalue weighted by molar-refractivity contribution is 6.02. The van der Waals surface area contributed by atoms with E-state index in [0.29, 0.717) is 17.1 Å². The average Bonchev–Trinajstić information content (AvgIpc) is 2.84. The van der Waals surface area contributed by atoms with Gasteiger partial charge in [0.1, 0.15) is 23.9 Å². The summed E-state index contributed by atoms with van der Waals surface area (Å²) < 4.78 is 19.9. The zero-order chi connectivity index (χ0) is 24.9. The van der Waals surface area contributed by atoms with Gasteiger partial charge in [-0.3, -0.25) is 19.7 Å². The smallest absolute Gasteiger partial charge is 0.294 e. The SMILES string of the molecule is Cc1cc(=O)c(C(=O)Nc2cccc(OCc3ccc(F)cc3)c2)nn1-c1ccccc1[N+](=O)[O-]. The maximum Gasteiger partial charge on any atom is 0.294 e. The van der Waals surface area contributed by atoms with E-state index in [4.69, 9.17) is 4.74 Å². The third-order valence-electron chi connectivity index (χ3n) is 5.04. The summed E-state index contributed by atoms with van der Waals surface area (Å²) in [6.07, 6.45) is 0. The first kappa shape index (κ1) is 23.3. The monoisotopic (exact) mass is 474 g/mol. The van der Waals surface area contributed by atoms with Gasteiger partial charge in [-0.15, -0.1) is 0 Å². The van der Waals surface area contributed by atoms with Gasteiger partial charge < -0.3 is 10.1 Å². The van der Waals surface area contributed by atoms with Crippen LogP contribution in [-0.2, 0) is 6.61 Å². The number of amides is 1. The Morgan fingerprint density at radius 1 is 1.09 bits per heavy atom. The van der Waals surface area contributed by atoms with Gasteiger partial charge in [-0.25, -0.2) is 9.07 Å². The Balaban J connectivity index is 1.56. The molecule has 0 radical (unpaired) electrons. The molecule has 1 aromatic heterocycles. The van der Waals surface area contributed by atoms with E-state index in [-0.39, 0.29) is 23.8 Å². The van der Waals surface area contributed by atoms with E-state index in [1.54, 1.807) is 49.4 Å². The van der Waals surface area contributed by atoms with Crippen LogP contribution in [0.3, 0.4) is 0 Å². The number of para-hydroxylation sites is 2. The molecule has 0 aliphatic carbocycles. The molecule has 1 N–H and O–H groups in total. The minimum atomic E-state index is -0.780. The molecule has 176 valence electrons. The quantitative estimate of drug-likeness (QED) is 0.313. The van der Waals surface area contributed by atoms with Crippen molar-refractivity contribution in [2.24, 2.45) is 0 Å². The molecule has 0 fully saturated rings. The van der Waals surface area contributed by atoms with Gasteiger partial charge in [0.15, 0.2) is 5.69 Å². The van der Waals surface area contributed by atoms with Gasteiger partial charge in [0.2, 0.25) is 5.43 Å². The van der Waals surface area contributed by atoms with Crippen LogP contribution in [0.25, 0.3) is 5.69 Å². The summed E-state index contributed by atoms with van der Waals surface area (Å²) in [5, 5.41) is 18.1. The number of carbonyl (C=O) groups excluding carboxylic acids is 1. The normalized spacial score (nSPS) is 10.6. The van der Waals surface area contributed by atoms with Crippen molar-refractivity contribution in [1.82, 2.24) is 9.78 Å². The number of aryl methyl sites for hydroxylation is 1. The molecular formula is C25H19FN4O5. The highest BCUT2D eigenvalue weighted by Crippen LogP contribution is 2.23. The second kappa shape index (κ2) is 9.96. The Morgan fingerprint density at radius 2 is 1.83 bits per heavy atom. The molecule has 0 spiro atoms. The Morgan fingerprint density at radius 3 is 2.57 bits per heavy atom. The molecule has 1 heterocycles. The fourth-order valence-corrected chi connectivity index (χ4v) is 3.35. The van der Waals surface area contributed by atoms with Gasteiger partial charge >= 0.3 is 0 Å². The zero-order valence-electron chi connectivity index (χ0n) is 18.5. The van der Waals surface area contributed by atoms with Crippen LogP contribution in [0.15, 0.2) is 83.7 Å². The van der Waals surface area contributed by atoms with Crippen molar-refractivity contribution in [1.29, 1.82) is 0 Å². The summed E-state index contributed by atoms with van der Waals surface area (Å²) in [5.41, 5.74) is 0.303. The van der Waals surface area contributed by atoms with Crippen LogP contribution in [-0.4, -0.2) is 20.6 Å². The van der Waals surface area contributed by atoms with Crippen molar-refractivity contribution < 1.29 is 18.8 Å². The van der Waals surface area contributed by atoms with E-state index >= 15 is 0 Å². The number of benzene rings is 3. The second-order valence-electron chi connectivity index (χ2n) is 7.55. The fourth-order valence-electron chi connectivity index (χ4n) is 3.35. The van der Waals surface area contributed by atoms with Crippen LogP contribution in [0.4, 0.5) is 15.8 Å². The molecule has 0 aliphatic heterocycles. The third kappa shape index (κ3) is 5.38. The zero-order valence-corrected chi connectivity index (χ0v) is 18.5. The summed E-state index contributed by atoms with van der Waals surface area (Å²) in [5.74, 6) is -0.677. The predicted molar refractivity (Wildman–Crippen MR) is 126 cm³/mol. The summed E-state index contributed by atoms with van der Waals surface area (Å²) in [6.45, 7) is 1.76. The van der Waals surface area contributed by atoms with Crippen molar-refractivity contribution in [3.05, 3.63) is 122 Å². The van der Waals surface area contributed by atoms with Crippen molar-refractivity contribution in [2.45, 2.75) is 13.5 Å². The molecule has 0 atom stereocenters. The molecule has 4 rings (SSSR count). The van der Waals surface area contributed by atoms with Gasteiger partial charge in [-0.05, 0) is 42.8 Å². The Hall–Kier alpha value is -4.86. The number of carbonyl (C=O) groups is 1. The Kier molecular flexibility index (Phi) is 6.63. The molecule has 0 saturated carbocycles. The number of nitro groups is 1. The van der Waals surface area contributed by atoms with Crippen molar-refractivity contribution >= 4 is 17.3 Å². The minimum Gasteiger partial charge on any atom is -0.489 e. The molecule has 1 amide bonds. The molecule has 0 bridgehead atoms. The second-order valence-corrected chi connectivity index (χ2v) is 7.55. The molecule has 4 aromatic rings. The first-order valence-electron chi connectivity index (χ1n) is 10.5. The van der Waals surface area contributed by atoms with Crippen LogP contribution in [0.5, 0.6) is 5.75 Å². The minimum absolute atomic E-state index is 0.125. The summed E-state index contributed by atoms with van der Waals surface area (Å²) in [7, 11) is 0. The predicted octanol–water partition coefficient (Wildman–Crippen LogP) is 4.42. The molecule has 0 unspecified atom stereocenters. The van der Waals surface area contributed by atoms with Gasteiger partial charge in [-0.2, -0.15) is 5.10 Å². The van der Waals surface area contributed by atoms with E-state index in [2.05, 4.69) is 10.4 Å². The maximum absolute atomic E-state index is 13.1. The largest absolute Gasteiger partial charge is 0.489 e. The highest BCUT2D eigenvalue weighted by Gasteiger charge is 2.20. The molecule has 10 heteroatoms. The number of rotatable bonds is 7. The summed E-state index contributed by atoms with van der Waals surface area (Å²) in [6, 6.07) is 19.5. The number of nitrogens with zero attached hydrogens (tertiary/aromatic N) is 3. The summed E-state index contributed by atoms with van der Waals surface area (Å²) >= 11 is 0. The molecular weight excluding hydrogens is 455 g/mol. The fraction of sp³-hybridized carbons (Fsp3) is 0.0800. The molecule has 3 aromatic carbocycles. The number of nitrogens with one attached hydrogen (secondary N) is 1. The van der Waals surface area contributed by atoms with Crippen LogP contribution in [0, 0.1) is 22.9 Å². The lowest BCUT2D eigenvalue weighted by Crippen LogP contribution is -2.27. The molecule has 35 heavy (non-hydrogen) atoms. The lowest BCUT2D eigenvalue weighted by Gasteiger charge is -2.12. The topological polar surface area (TPSA) is 116 Å². The number of nitro benzene ring substituents is 1. The number of ether oxygens (including phenoxy) is 1. The lowest BCUT2D eigenvalue weighted by molar-refractivity contribution is -0.384. The standard InChI is InChI=1S/C25H19FN4O5/c1-16-13-23(31)24(28-29(16)21-7-2-3-8-22(21)30(33)34)25(32)27-19-5-4-6-20(14-19)35-15-17-9-11-18(26)12-10-17/h2-14H,15H2,1H3,(H,27,32). The Bertz CT molecular complexity index is 1470. The van der Waals surface area contributed by atoms with Crippen LogP contribution < -0.4 is 15.5 Å². The van der Waals surface area contributed by atoms with E-state index < -0.39 is 22.0 Å². The lowest BCUT2D eigenvalue weighted by atomic mass is 10.2. The van der Waals surface area contributed by atoms with Crippen LogP contribution >= 0.6 is 0 Å². The third-order valence-corrected chi connectivity index (χ3v) is 5.04. The van der Waals surface area contributed by atoms with Crippen molar-refractivity contribution in [3.8, 4) is 11.4 Å². The average molecular weight is 474 g/mol. The van der Waals surface area contributed by atoms with Gasteiger partial charge in [0.25, 0.3) is 11.6 Å². The van der Waals surface area contributed by atoms with Crippen molar-refractivity contribution in [3.63, 3.8) is 0 Å². The Labute approximate surface area is 198 Å². The molecule has 9 nitrogen and oxygen atoms in total. The number of anilines is 1. The number of hydrogen-bond donors (Lipinski definition) is 1. The van der Waals surface area contributed by atoms with Gasteiger partial charge in [-0.1, -0.05) is 30.3 Å².